The third-order valence-electron chi connectivity index (χ3n) is 7.71. The molecule has 1 aromatic carbocycles. The number of fused-ring (bicyclic) bond motifs is 1. The van der Waals surface area contributed by atoms with Crippen LogP contribution in [0.15, 0.2) is 46.3 Å². The van der Waals surface area contributed by atoms with E-state index in [-0.39, 0.29) is 42.6 Å². The van der Waals surface area contributed by atoms with Crippen molar-refractivity contribution in [3.63, 3.8) is 0 Å². The number of carbonyl (C=O) groups excluding carboxylic acids is 1. The van der Waals surface area contributed by atoms with Gasteiger partial charge in [-0.15, -0.1) is 11.8 Å². The monoisotopic (exact) mass is 667 g/mol. The number of amidine groups is 1. The highest BCUT2D eigenvalue weighted by atomic mass is 32.2. The molecule has 1 heterocycles. The summed E-state index contributed by atoms with van der Waals surface area (Å²) in [6, 6.07) is 2.74. The number of aliphatic imine (C=N–C) groups is 1. The summed E-state index contributed by atoms with van der Waals surface area (Å²) in [4.78, 5) is 19.6. The SMILES string of the molecule is C=C(/N=C(N[C@@H]1C[C@H](OCCO)[C@H]2OC(C)(C)O[C@H]21)\C(N)=C(/N)N(C(=O)OC(C)(C)C)[C@@H]1C[C@H]1c1ccc(F)c(F)c1)SCCC. The van der Waals surface area contributed by atoms with Crippen molar-refractivity contribution in [2.75, 3.05) is 19.0 Å². The fourth-order valence-corrected chi connectivity index (χ4v) is 6.30. The highest BCUT2D eigenvalue weighted by Gasteiger charge is 2.55. The average Bonchev–Trinajstić information content (AvgIpc) is 3.59. The van der Waals surface area contributed by atoms with Gasteiger partial charge in [-0.25, -0.2) is 18.6 Å². The summed E-state index contributed by atoms with van der Waals surface area (Å²) >= 11 is 1.44. The van der Waals surface area contributed by atoms with Crippen molar-refractivity contribution >= 4 is 23.7 Å². The van der Waals surface area contributed by atoms with Crippen LogP contribution in [0, 0.1) is 11.6 Å². The van der Waals surface area contributed by atoms with Gasteiger partial charge in [0.25, 0.3) is 0 Å². The molecule has 0 bridgehead atoms. The normalized spacial score (nSPS) is 27.5. The molecule has 0 spiro atoms. The number of carbonyl (C=O) groups is 1. The Morgan fingerprint density at radius 2 is 1.91 bits per heavy atom. The summed E-state index contributed by atoms with van der Waals surface area (Å²) in [5.41, 5.74) is 13.1. The third kappa shape index (κ3) is 8.71. The van der Waals surface area contributed by atoms with E-state index in [2.05, 4.69) is 11.9 Å². The lowest BCUT2D eigenvalue weighted by molar-refractivity contribution is -0.168. The van der Waals surface area contributed by atoms with E-state index >= 15 is 0 Å². The fourth-order valence-electron chi connectivity index (χ4n) is 5.71. The number of nitrogens with two attached hydrogens (primary N) is 2. The molecule has 0 unspecified atom stereocenters. The van der Waals surface area contributed by atoms with Gasteiger partial charge in [-0.3, -0.25) is 4.90 Å². The standard InChI is InChI=1S/C32H47F2N5O6S/c1-8-13-46-17(2)37-29(38-22-16-24(42-12-11-40)27-26(22)43-32(6,7)44-27)25(35)28(36)39(30(41)45-31(3,4)5)23-15-19(23)18-9-10-20(33)21(34)14-18/h9-10,14,19,22-24,26-27,40H,2,8,11-13,15-16,35-36H2,1,3-7H3,(H,37,38)/b28-25-/t19-,22+,23+,24-,26-,27+/m0/s1. The molecule has 0 radical (unpaired) electrons. The van der Waals surface area contributed by atoms with Crippen LogP contribution in [-0.4, -0.2) is 82.7 Å². The van der Waals surface area contributed by atoms with Crippen LogP contribution >= 0.6 is 11.8 Å². The smallest absolute Gasteiger partial charge is 0.416 e. The molecule has 6 atom stereocenters. The second-order valence-electron chi connectivity index (χ2n) is 13.1. The highest BCUT2D eigenvalue weighted by Crippen LogP contribution is 2.46. The first-order valence-corrected chi connectivity index (χ1v) is 16.5. The van der Waals surface area contributed by atoms with Gasteiger partial charge in [-0.2, -0.15) is 0 Å². The molecule has 14 heteroatoms. The van der Waals surface area contributed by atoms with E-state index in [0.29, 0.717) is 23.4 Å². The summed E-state index contributed by atoms with van der Waals surface area (Å²) in [6.45, 7) is 14.9. The molecule has 1 aliphatic heterocycles. The highest BCUT2D eigenvalue weighted by molar-refractivity contribution is 8.03. The van der Waals surface area contributed by atoms with Crippen molar-refractivity contribution in [1.29, 1.82) is 0 Å². The van der Waals surface area contributed by atoms with Gasteiger partial charge in [0, 0.05) is 12.0 Å². The van der Waals surface area contributed by atoms with Gasteiger partial charge in [0.1, 0.15) is 29.3 Å². The lowest BCUT2D eigenvalue weighted by Crippen LogP contribution is -2.47. The maximum atomic E-state index is 14.1. The number of rotatable bonds is 12. The summed E-state index contributed by atoms with van der Waals surface area (Å²) < 4.78 is 51.7. The van der Waals surface area contributed by atoms with Gasteiger partial charge in [0.05, 0.1) is 30.4 Å². The number of nitrogens with one attached hydrogen (secondary N) is 1. The third-order valence-corrected chi connectivity index (χ3v) is 8.75. The van der Waals surface area contributed by atoms with Crippen LogP contribution in [0.1, 0.15) is 72.3 Å². The fraction of sp³-hybridized carbons (Fsp3) is 0.625. The number of aliphatic hydroxyl groups is 1. The zero-order chi connectivity index (χ0) is 34.0. The van der Waals surface area contributed by atoms with Crippen LogP contribution < -0.4 is 16.8 Å². The van der Waals surface area contributed by atoms with E-state index in [9.17, 15) is 18.7 Å². The number of hydrogen-bond donors (Lipinski definition) is 4. The Labute approximate surface area is 273 Å². The maximum absolute atomic E-state index is 14.1. The molecule has 3 fully saturated rings. The van der Waals surface area contributed by atoms with Gasteiger partial charge in [-0.05, 0) is 77.3 Å². The van der Waals surface area contributed by atoms with Crippen LogP contribution in [-0.2, 0) is 18.9 Å². The lowest BCUT2D eigenvalue weighted by atomic mass is 10.1. The second-order valence-corrected chi connectivity index (χ2v) is 14.3. The van der Waals surface area contributed by atoms with Crippen LogP contribution in [0.5, 0.6) is 0 Å². The number of aliphatic hydroxyl groups excluding tert-OH is 1. The Kier molecular flexibility index (Phi) is 11.3. The lowest BCUT2D eigenvalue weighted by Gasteiger charge is -2.30. The molecule has 2 aliphatic carbocycles. The number of amides is 1. The molecule has 0 aromatic heterocycles. The minimum atomic E-state index is -0.978. The van der Waals surface area contributed by atoms with E-state index in [1.54, 1.807) is 20.8 Å². The van der Waals surface area contributed by atoms with Gasteiger partial charge < -0.3 is 40.8 Å². The molecule has 1 aromatic rings. The van der Waals surface area contributed by atoms with Gasteiger partial charge >= 0.3 is 6.09 Å². The maximum Gasteiger partial charge on any atom is 0.416 e. The summed E-state index contributed by atoms with van der Waals surface area (Å²) in [5, 5.41) is 13.2. The van der Waals surface area contributed by atoms with Crippen LogP contribution in [0.25, 0.3) is 0 Å². The minimum Gasteiger partial charge on any atom is -0.443 e. The number of halogens is 2. The predicted molar refractivity (Wildman–Crippen MR) is 172 cm³/mol. The van der Waals surface area contributed by atoms with Crippen molar-refractivity contribution in [3.8, 4) is 0 Å². The zero-order valence-electron chi connectivity index (χ0n) is 27.3. The van der Waals surface area contributed by atoms with Crippen molar-refractivity contribution in [2.24, 2.45) is 16.5 Å². The van der Waals surface area contributed by atoms with E-state index in [0.717, 1.165) is 24.3 Å². The van der Waals surface area contributed by atoms with Crippen molar-refractivity contribution in [2.45, 2.75) is 109 Å². The summed E-state index contributed by atoms with van der Waals surface area (Å²) in [7, 11) is 0. The van der Waals surface area contributed by atoms with E-state index in [1.165, 1.54) is 22.7 Å². The van der Waals surface area contributed by atoms with Crippen LogP contribution in [0.2, 0.25) is 0 Å². The molecular formula is C32H47F2N5O6S. The topological polar surface area (TPSA) is 154 Å². The van der Waals surface area contributed by atoms with Gasteiger partial charge in [0.15, 0.2) is 23.3 Å². The Hall–Kier alpha value is -2.91. The molecule has 1 saturated heterocycles. The van der Waals surface area contributed by atoms with Crippen LogP contribution in [0.3, 0.4) is 0 Å². The van der Waals surface area contributed by atoms with E-state index in [1.807, 2.05) is 20.8 Å². The van der Waals surface area contributed by atoms with E-state index < -0.39 is 53.4 Å². The molecule has 6 N–H and O–H groups in total. The number of hydrogen-bond acceptors (Lipinski definition) is 10. The largest absolute Gasteiger partial charge is 0.443 e. The molecule has 2 saturated carbocycles. The van der Waals surface area contributed by atoms with Gasteiger partial charge in [-0.1, -0.05) is 19.6 Å². The molecule has 4 rings (SSSR count). The first-order valence-electron chi connectivity index (χ1n) is 15.5. The van der Waals surface area contributed by atoms with Gasteiger partial charge in [0.2, 0.25) is 0 Å². The first-order chi connectivity index (χ1) is 21.5. The van der Waals surface area contributed by atoms with Crippen molar-refractivity contribution < 1.29 is 37.6 Å². The molecule has 256 valence electrons. The predicted octanol–water partition coefficient (Wildman–Crippen LogP) is 4.42. The molecular weight excluding hydrogens is 620 g/mol. The summed E-state index contributed by atoms with van der Waals surface area (Å²) in [5.74, 6) is -2.31. The number of nitrogens with zero attached hydrogens (tertiary/aromatic N) is 2. The quantitative estimate of drug-likeness (QED) is 0.186. The second kappa shape index (κ2) is 14.5. The average molecular weight is 668 g/mol. The molecule has 46 heavy (non-hydrogen) atoms. The number of benzene rings is 1. The van der Waals surface area contributed by atoms with Crippen LogP contribution in [0.4, 0.5) is 13.6 Å². The Bertz CT molecular complexity index is 1350. The van der Waals surface area contributed by atoms with Crippen molar-refractivity contribution in [3.05, 3.63) is 58.5 Å². The molecule has 3 aliphatic rings. The molecule has 1 amide bonds. The van der Waals surface area contributed by atoms with Crippen molar-refractivity contribution in [1.82, 2.24) is 10.2 Å². The molecule has 11 nitrogen and oxygen atoms in total. The Balaban J connectivity index is 1.70. The van der Waals surface area contributed by atoms with E-state index in [4.69, 9.17) is 35.4 Å². The summed E-state index contributed by atoms with van der Waals surface area (Å²) in [6.07, 6.45) is -0.212. The Morgan fingerprint density at radius 1 is 1.22 bits per heavy atom. The number of ether oxygens (including phenoxy) is 4. The number of thioether (sulfide) groups is 1. The minimum absolute atomic E-state index is 0.0329. The Morgan fingerprint density at radius 3 is 2.54 bits per heavy atom. The first kappa shape index (κ1) is 35.9. The zero-order valence-corrected chi connectivity index (χ0v) is 28.2.